The van der Waals surface area contributed by atoms with Gasteiger partial charge in [0.2, 0.25) is 0 Å². The number of nitrogens with zero attached hydrogens (tertiary/aromatic N) is 2. The van der Waals surface area contributed by atoms with E-state index in [2.05, 4.69) is 27.7 Å². The molecule has 2 aromatic heterocycles. The van der Waals surface area contributed by atoms with Crippen LogP contribution >= 0.6 is 27.7 Å². The van der Waals surface area contributed by atoms with Crippen LogP contribution in [0.4, 0.5) is 0 Å². The van der Waals surface area contributed by atoms with Crippen LogP contribution in [0.1, 0.15) is 44.2 Å². The molecule has 4 aliphatic carbocycles. The van der Waals surface area contributed by atoms with E-state index in [1.807, 2.05) is 12.1 Å². The van der Waals surface area contributed by atoms with E-state index in [0.717, 1.165) is 39.3 Å². The Balaban J connectivity index is 1.40. The van der Waals surface area contributed by atoms with E-state index in [-0.39, 0.29) is 5.56 Å². The van der Waals surface area contributed by atoms with Gasteiger partial charge in [-0.3, -0.25) is 9.20 Å². The second-order valence-electron chi connectivity index (χ2n) is 8.05. The van der Waals surface area contributed by atoms with Crippen LogP contribution in [0.15, 0.2) is 33.7 Å². The second kappa shape index (κ2) is 5.60. The van der Waals surface area contributed by atoms with E-state index in [4.69, 9.17) is 4.98 Å². The lowest BCUT2D eigenvalue weighted by atomic mass is 9.56. The molecule has 3 nitrogen and oxygen atoms in total. The Morgan fingerprint density at radius 3 is 2.50 bits per heavy atom. The normalized spacial score (nSPS) is 34.1. The minimum absolute atomic E-state index is 0.0161. The Labute approximate surface area is 154 Å². The van der Waals surface area contributed by atoms with Crippen molar-refractivity contribution < 1.29 is 0 Å². The highest BCUT2D eigenvalue weighted by Crippen LogP contribution is 2.60. The summed E-state index contributed by atoms with van der Waals surface area (Å²) in [5.41, 5.74) is 1.69. The predicted molar refractivity (Wildman–Crippen MR) is 101 cm³/mol. The van der Waals surface area contributed by atoms with Crippen molar-refractivity contribution >= 4 is 33.3 Å². The first-order valence-corrected chi connectivity index (χ1v) is 10.7. The molecule has 2 aromatic rings. The van der Waals surface area contributed by atoms with Crippen LogP contribution < -0.4 is 5.56 Å². The Kier molecular flexibility index (Phi) is 3.60. The maximum absolute atomic E-state index is 12.4. The third-order valence-corrected chi connectivity index (χ3v) is 8.21. The average molecular weight is 405 g/mol. The van der Waals surface area contributed by atoms with E-state index >= 15 is 0 Å². The molecule has 4 fully saturated rings. The molecule has 0 atom stereocenters. The number of hydrogen-bond acceptors (Lipinski definition) is 3. The van der Waals surface area contributed by atoms with Gasteiger partial charge in [-0.25, -0.2) is 4.98 Å². The SMILES string of the molecule is O=c1cc(CSC23CC4CC(CC(C4)C2)C3)nc2ccc(Br)cn12. The van der Waals surface area contributed by atoms with Crippen molar-refractivity contribution in [3.05, 3.63) is 44.9 Å². The molecule has 6 rings (SSSR count). The zero-order valence-corrected chi connectivity index (χ0v) is 16.0. The lowest BCUT2D eigenvalue weighted by Crippen LogP contribution is -2.48. The molecule has 0 unspecified atom stereocenters. The molecule has 2 heterocycles. The van der Waals surface area contributed by atoms with Gasteiger partial charge >= 0.3 is 0 Å². The summed E-state index contributed by atoms with van der Waals surface area (Å²) in [6.07, 6.45) is 10.4. The van der Waals surface area contributed by atoms with Gasteiger partial charge in [-0.1, -0.05) is 0 Å². The van der Waals surface area contributed by atoms with Gasteiger partial charge in [-0.05, 0) is 84.3 Å². The van der Waals surface area contributed by atoms with Crippen molar-refractivity contribution in [2.45, 2.75) is 49.0 Å². The molecule has 0 radical (unpaired) electrons. The lowest BCUT2D eigenvalue weighted by molar-refractivity contribution is 0.0383. The summed E-state index contributed by atoms with van der Waals surface area (Å²) in [5.74, 6) is 3.78. The first-order valence-electron chi connectivity index (χ1n) is 8.90. The second-order valence-corrected chi connectivity index (χ2v) is 10.4. The van der Waals surface area contributed by atoms with Crippen molar-refractivity contribution in [2.75, 3.05) is 0 Å². The van der Waals surface area contributed by atoms with E-state index < -0.39 is 0 Å². The first kappa shape index (κ1) is 15.4. The van der Waals surface area contributed by atoms with Crippen LogP contribution in [-0.4, -0.2) is 14.1 Å². The fourth-order valence-electron chi connectivity index (χ4n) is 5.64. The minimum Gasteiger partial charge on any atom is -0.269 e. The monoisotopic (exact) mass is 404 g/mol. The molecule has 5 heteroatoms. The maximum atomic E-state index is 12.4. The van der Waals surface area contributed by atoms with Crippen molar-refractivity contribution in [1.29, 1.82) is 0 Å². The molecule has 0 aromatic carbocycles. The van der Waals surface area contributed by atoms with Gasteiger partial charge in [-0.2, -0.15) is 0 Å². The van der Waals surface area contributed by atoms with Gasteiger partial charge < -0.3 is 0 Å². The van der Waals surface area contributed by atoms with E-state index in [1.54, 1.807) is 16.7 Å². The van der Waals surface area contributed by atoms with Gasteiger partial charge in [0, 0.05) is 27.2 Å². The number of halogens is 1. The van der Waals surface area contributed by atoms with E-state index in [1.165, 1.54) is 38.5 Å². The zero-order valence-electron chi connectivity index (χ0n) is 13.6. The molecule has 0 saturated heterocycles. The molecular weight excluding hydrogens is 384 g/mol. The maximum Gasteiger partial charge on any atom is 0.258 e. The smallest absolute Gasteiger partial charge is 0.258 e. The highest BCUT2D eigenvalue weighted by Gasteiger charge is 2.51. The number of aromatic nitrogens is 2. The summed E-state index contributed by atoms with van der Waals surface area (Å²) < 4.78 is 2.99. The number of rotatable bonds is 3. The van der Waals surface area contributed by atoms with Gasteiger partial charge in [0.05, 0.1) is 5.69 Å². The molecule has 0 spiro atoms. The Morgan fingerprint density at radius 1 is 1.17 bits per heavy atom. The Morgan fingerprint density at radius 2 is 1.83 bits per heavy atom. The molecule has 0 aliphatic heterocycles. The van der Waals surface area contributed by atoms with Crippen molar-refractivity contribution in [2.24, 2.45) is 17.8 Å². The largest absolute Gasteiger partial charge is 0.269 e. The van der Waals surface area contributed by atoms with E-state index in [9.17, 15) is 4.79 Å². The van der Waals surface area contributed by atoms with E-state index in [0.29, 0.717) is 4.75 Å². The molecule has 0 amide bonds. The average Bonchev–Trinajstić information content (AvgIpc) is 2.52. The molecule has 4 aliphatic rings. The highest BCUT2D eigenvalue weighted by molar-refractivity contribution is 9.10. The topological polar surface area (TPSA) is 34.4 Å². The molecule has 24 heavy (non-hydrogen) atoms. The molecule has 4 bridgehead atoms. The minimum atomic E-state index is 0.0161. The summed E-state index contributed by atoms with van der Waals surface area (Å²) in [6, 6.07) is 5.56. The Bertz CT molecular complexity index is 827. The van der Waals surface area contributed by atoms with Crippen molar-refractivity contribution in [1.82, 2.24) is 9.38 Å². The number of fused-ring (bicyclic) bond motifs is 1. The fourth-order valence-corrected chi connectivity index (χ4v) is 7.63. The molecular formula is C19H21BrN2OS. The summed E-state index contributed by atoms with van der Waals surface area (Å²) in [6.45, 7) is 0. The van der Waals surface area contributed by atoms with Gasteiger partial charge in [0.1, 0.15) is 5.65 Å². The van der Waals surface area contributed by atoms with Crippen LogP contribution in [0.3, 0.4) is 0 Å². The van der Waals surface area contributed by atoms with Crippen LogP contribution in [0.5, 0.6) is 0 Å². The Hall–Kier alpha value is -0.810. The first-order chi connectivity index (χ1) is 11.6. The van der Waals surface area contributed by atoms with Crippen LogP contribution in [0, 0.1) is 17.8 Å². The van der Waals surface area contributed by atoms with Crippen LogP contribution in [0.2, 0.25) is 0 Å². The fraction of sp³-hybridized carbons (Fsp3) is 0.579. The highest BCUT2D eigenvalue weighted by atomic mass is 79.9. The van der Waals surface area contributed by atoms with Gasteiger partial charge in [0.15, 0.2) is 0 Å². The standard InChI is InChI=1S/C19H21BrN2OS/c20-15-1-2-17-21-16(6-18(23)22(17)10-15)11-24-19-7-12-3-13(8-19)5-14(4-12)9-19/h1-2,6,10,12-14H,3-5,7-9,11H2. The summed E-state index contributed by atoms with van der Waals surface area (Å²) >= 11 is 5.50. The number of hydrogen-bond donors (Lipinski definition) is 0. The molecule has 0 N–H and O–H groups in total. The summed E-state index contributed by atoms with van der Waals surface area (Å²) in [5, 5.41) is 0. The van der Waals surface area contributed by atoms with Crippen LogP contribution in [0.25, 0.3) is 5.65 Å². The van der Waals surface area contributed by atoms with Crippen LogP contribution in [-0.2, 0) is 5.75 Å². The quantitative estimate of drug-likeness (QED) is 0.745. The molecule has 4 saturated carbocycles. The molecule has 126 valence electrons. The summed E-state index contributed by atoms with van der Waals surface area (Å²) in [4.78, 5) is 17.1. The van der Waals surface area contributed by atoms with Gasteiger partial charge in [-0.15, -0.1) is 11.8 Å². The number of pyridine rings is 1. The number of thioether (sulfide) groups is 1. The van der Waals surface area contributed by atoms with Crippen molar-refractivity contribution in [3.8, 4) is 0 Å². The third kappa shape index (κ3) is 2.64. The van der Waals surface area contributed by atoms with Crippen molar-refractivity contribution in [3.63, 3.8) is 0 Å². The predicted octanol–water partition coefficient (Wildman–Crippen LogP) is 4.66. The lowest BCUT2D eigenvalue weighted by Gasteiger charge is -2.56. The summed E-state index contributed by atoms with van der Waals surface area (Å²) in [7, 11) is 0. The van der Waals surface area contributed by atoms with Gasteiger partial charge in [0.25, 0.3) is 5.56 Å². The zero-order chi connectivity index (χ0) is 16.3. The third-order valence-electron chi connectivity index (χ3n) is 6.18.